The summed E-state index contributed by atoms with van der Waals surface area (Å²) in [7, 11) is 0. The Hall–Kier alpha value is -7.38. The van der Waals surface area contributed by atoms with Crippen LogP contribution in [0.3, 0.4) is 0 Å². The number of nitrogens with zero attached hydrogens (tertiary/aromatic N) is 4. The summed E-state index contributed by atoms with van der Waals surface area (Å²) in [5.74, 6) is -3.21. The number of non-ortho nitro benzene ring substituents is 2. The normalized spacial score (nSPS) is 12.4. The molecule has 2 aromatic heterocycles. The van der Waals surface area contributed by atoms with E-state index in [1.807, 2.05) is 0 Å². The maximum Gasteiger partial charge on any atom is 0.490 e. The van der Waals surface area contributed by atoms with Crippen molar-refractivity contribution in [3.8, 4) is 22.5 Å². The highest BCUT2D eigenvalue weighted by atomic mass is 19.4. The zero-order valence-corrected chi connectivity index (χ0v) is 31.1. The number of benzene rings is 4. The third-order valence-electron chi connectivity index (χ3n) is 10.2. The molecule has 0 fully saturated rings. The van der Waals surface area contributed by atoms with Gasteiger partial charge >= 0.3 is 12.1 Å². The lowest BCUT2D eigenvalue weighted by molar-refractivity contribution is -0.384. The van der Waals surface area contributed by atoms with Crippen molar-refractivity contribution in [2.45, 2.75) is 25.7 Å². The van der Waals surface area contributed by atoms with Crippen molar-refractivity contribution in [1.29, 1.82) is 0 Å². The van der Waals surface area contributed by atoms with E-state index < -0.39 is 33.1 Å². The molecule has 2 aliphatic carbocycles. The lowest BCUT2D eigenvalue weighted by atomic mass is 10.0. The van der Waals surface area contributed by atoms with E-state index in [1.54, 1.807) is 48.5 Å². The molecule has 19 heteroatoms. The molecular formula is C41H31F3N6O10. The number of carbonyl (C=O) groups excluding carboxylic acids is 2. The number of ketones is 2. The fraction of sp³-hybridized carbons (Fsp3) is 0.195. The molecule has 0 atom stereocenters. The number of hydrogen-bond donors (Lipinski definition) is 3. The van der Waals surface area contributed by atoms with E-state index in [0.717, 1.165) is 0 Å². The Morgan fingerprint density at radius 1 is 0.600 bits per heavy atom. The van der Waals surface area contributed by atoms with Gasteiger partial charge in [0.1, 0.15) is 0 Å². The van der Waals surface area contributed by atoms with E-state index in [-0.39, 0.29) is 46.8 Å². The van der Waals surface area contributed by atoms with Crippen LogP contribution in [0.1, 0.15) is 38.3 Å². The molecule has 60 heavy (non-hydrogen) atoms. The van der Waals surface area contributed by atoms with Crippen LogP contribution in [0.5, 0.6) is 0 Å². The predicted octanol–water partition coefficient (Wildman–Crippen LogP) is 5.46. The topological polar surface area (TPSA) is 226 Å². The van der Waals surface area contributed by atoms with Crippen LogP contribution < -0.4 is 21.8 Å². The molecule has 6 aromatic rings. The average molecular weight is 825 g/mol. The summed E-state index contributed by atoms with van der Waals surface area (Å²) >= 11 is 0. The lowest BCUT2D eigenvalue weighted by Crippen LogP contribution is -2.31. The fourth-order valence-corrected chi connectivity index (χ4v) is 7.56. The molecule has 0 bridgehead atoms. The van der Waals surface area contributed by atoms with Gasteiger partial charge in [0.25, 0.3) is 22.5 Å². The van der Waals surface area contributed by atoms with Gasteiger partial charge in [-0.1, -0.05) is 48.5 Å². The minimum atomic E-state index is -5.08. The molecule has 306 valence electrons. The first-order valence-corrected chi connectivity index (χ1v) is 18.3. The molecule has 2 aliphatic rings. The van der Waals surface area contributed by atoms with Gasteiger partial charge in [-0.2, -0.15) is 13.2 Å². The summed E-state index contributed by atoms with van der Waals surface area (Å²) in [6, 6.07) is 22.1. The smallest absolute Gasteiger partial charge is 0.475 e. The first-order valence-electron chi connectivity index (χ1n) is 18.3. The number of carbonyl (C=O) groups is 3. The SMILES string of the molecule is O=C(O)C(F)(F)F.O=C1c2ccccc2-c2c1c1ccc([N+](=O)[O-])cc1c(=O)n2CCNCCCNCCn1c2c(c3ccc([N+](=O)[O-])cc3c1=O)C(=O)c1ccccc1-2. The Morgan fingerprint density at radius 3 is 1.32 bits per heavy atom. The highest BCUT2D eigenvalue weighted by Gasteiger charge is 2.38. The molecule has 0 radical (unpaired) electrons. The number of nitro benzene ring substituents is 2. The maximum atomic E-state index is 13.8. The van der Waals surface area contributed by atoms with Gasteiger partial charge in [-0.15, -0.1) is 0 Å². The number of rotatable bonds is 12. The average Bonchev–Trinajstić information content (AvgIpc) is 3.69. The Bertz CT molecular complexity index is 2760. The summed E-state index contributed by atoms with van der Waals surface area (Å²) in [5.41, 5.74) is 2.72. The second-order valence-corrected chi connectivity index (χ2v) is 13.7. The van der Waals surface area contributed by atoms with Gasteiger partial charge in [0.15, 0.2) is 11.6 Å². The van der Waals surface area contributed by atoms with E-state index in [1.165, 1.54) is 45.5 Å². The zero-order chi connectivity index (χ0) is 43.0. The molecule has 3 N–H and O–H groups in total. The fourth-order valence-electron chi connectivity index (χ4n) is 7.56. The summed E-state index contributed by atoms with van der Waals surface area (Å²) in [5, 5.41) is 37.8. The molecule has 4 aromatic carbocycles. The van der Waals surface area contributed by atoms with Crippen molar-refractivity contribution in [3.05, 3.63) is 148 Å². The molecule has 8 rings (SSSR count). The zero-order valence-electron chi connectivity index (χ0n) is 31.1. The number of halogens is 3. The monoisotopic (exact) mass is 824 g/mol. The summed E-state index contributed by atoms with van der Waals surface area (Å²) in [4.78, 5) is 85.2. The maximum absolute atomic E-state index is 13.8. The summed E-state index contributed by atoms with van der Waals surface area (Å²) in [6.07, 6.45) is -4.39. The Labute approximate surface area is 334 Å². The van der Waals surface area contributed by atoms with Gasteiger partial charge in [-0.3, -0.25) is 39.4 Å². The van der Waals surface area contributed by atoms with Gasteiger partial charge in [0.2, 0.25) is 0 Å². The van der Waals surface area contributed by atoms with Gasteiger partial charge in [0.05, 0.1) is 43.1 Å². The van der Waals surface area contributed by atoms with Gasteiger partial charge in [-0.25, -0.2) is 4.79 Å². The number of carboxylic acid groups (broad SMARTS) is 1. The number of carboxylic acids is 1. The van der Waals surface area contributed by atoms with Crippen LogP contribution in [0.4, 0.5) is 24.5 Å². The number of fused-ring (bicyclic) bond motifs is 10. The van der Waals surface area contributed by atoms with Crippen LogP contribution in [0, 0.1) is 20.2 Å². The number of alkyl halides is 3. The molecular weight excluding hydrogens is 793 g/mol. The minimum absolute atomic E-state index is 0.116. The van der Waals surface area contributed by atoms with Crippen LogP contribution in [0.15, 0.2) is 94.5 Å². The number of nitrogens with one attached hydrogen (secondary N) is 2. The Balaban J connectivity index is 0.000000716. The van der Waals surface area contributed by atoms with Crippen molar-refractivity contribution in [1.82, 2.24) is 19.8 Å². The van der Waals surface area contributed by atoms with Gasteiger partial charge in [0, 0.05) is 83.5 Å². The number of aromatic nitrogens is 2. The quantitative estimate of drug-likeness (QED) is 0.0794. The number of nitro groups is 2. The summed E-state index contributed by atoms with van der Waals surface area (Å²) in [6.45, 7) is 2.39. The first-order chi connectivity index (χ1) is 28.6. The molecule has 0 unspecified atom stereocenters. The Morgan fingerprint density at radius 2 is 0.967 bits per heavy atom. The predicted molar refractivity (Wildman–Crippen MR) is 212 cm³/mol. The van der Waals surface area contributed by atoms with Crippen molar-refractivity contribution in [2.24, 2.45) is 0 Å². The lowest BCUT2D eigenvalue weighted by Gasteiger charge is -2.16. The summed E-state index contributed by atoms with van der Waals surface area (Å²) < 4.78 is 34.8. The van der Waals surface area contributed by atoms with Gasteiger partial charge < -0.3 is 24.9 Å². The van der Waals surface area contributed by atoms with Crippen molar-refractivity contribution >= 4 is 50.5 Å². The number of pyridine rings is 2. The van der Waals surface area contributed by atoms with Crippen LogP contribution in [0.25, 0.3) is 44.1 Å². The van der Waals surface area contributed by atoms with Crippen LogP contribution >= 0.6 is 0 Å². The van der Waals surface area contributed by atoms with Crippen molar-refractivity contribution in [3.63, 3.8) is 0 Å². The minimum Gasteiger partial charge on any atom is -0.475 e. The highest BCUT2D eigenvalue weighted by molar-refractivity contribution is 6.27. The molecule has 0 amide bonds. The third kappa shape index (κ3) is 7.30. The van der Waals surface area contributed by atoms with Crippen LogP contribution in [-0.2, 0) is 17.9 Å². The Kier molecular flexibility index (Phi) is 11.0. The molecule has 16 nitrogen and oxygen atoms in total. The molecule has 0 saturated heterocycles. The van der Waals surface area contributed by atoms with Crippen LogP contribution in [0.2, 0.25) is 0 Å². The van der Waals surface area contributed by atoms with Crippen LogP contribution in [-0.4, -0.2) is 74.0 Å². The molecule has 0 aliphatic heterocycles. The molecule has 2 heterocycles. The van der Waals surface area contributed by atoms with E-state index in [0.29, 0.717) is 88.1 Å². The van der Waals surface area contributed by atoms with Gasteiger partial charge in [-0.05, 0) is 31.6 Å². The highest BCUT2D eigenvalue weighted by Crippen LogP contribution is 2.41. The second kappa shape index (κ2) is 16.1. The third-order valence-corrected chi connectivity index (χ3v) is 10.2. The van der Waals surface area contributed by atoms with E-state index in [9.17, 15) is 52.6 Å². The van der Waals surface area contributed by atoms with Crippen molar-refractivity contribution < 1.29 is 42.5 Å². The standard InChI is InChI=1S/C39H30N6O8.C2HF3O2/c46-36-28-8-3-1-6-26(28)34-32(36)24-12-10-22(44(50)51)20-30(24)38(48)42(34)18-16-40-14-5-15-41-17-19-43-35-27-7-2-4-9-29(27)37(47)33(35)25-13-11-23(45(52)53)21-31(25)39(43)49;3-2(4,5)1(6)7/h1-4,6-13,20-21,40-41H,5,14-19H2;(H,6,7). The van der Waals surface area contributed by atoms with Crippen molar-refractivity contribution in [2.75, 3.05) is 26.2 Å². The molecule has 0 saturated carbocycles. The largest absolute Gasteiger partial charge is 0.490 e. The molecule has 0 spiro atoms. The van der Waals surface area contributed by atoms with E-state index in [2.05, 4.69) is 10.6 Å². The second-order valence-electron chi connectivity index (χ2n) is 13.7. The number of hydrogen-bond acceptors (Lipinski definition) is 11. The number of aliphatic carboxylic acids is 1. The van der Waals surface area contributed by atoms with E-state index in [4.69, 9.17) is 9.90 Å². The first kappa shape index (κ1) is 40.8. The van der Waals surface area contributed by atoms with E-state index >= 15 is 0 Å².